The van der Waals surface area contributed by atoms with Crippen molar-refractivity contribution >= 4 is 0 Å². The van der Waals surface area contributed by atoms with E-state index in [4.69, 9.17) is 6.58 Å². The van der Waals surface area contributed by atoms with E-state index in [9.17, 15) is 0 Å². The Kier molecular flexibility index (Phi) is 7.79. The van der Waals surface area contributed by atoms with Crippen LogP contribution in [0.15, 0.2) is 5.57 Å². The molecule has 0 spiro atoms. The summed E-state index contributed by atoms with van der Waals surface area (Å²) in [5.41, 5.74) is 0.917. The van der Waals surface area contributed by atoms with Crippen molar-refractivity contribution in [2.24, 2.45) is 0 Å². The first-order valence-corrected chi connectivity index (χ1v) is 1.29. The maximum absolute atomic E-state index is 5.03. The second-order valence-corrected chi connectivity index (χ2v) is 1.08. The Labute approximate surface area is 45.2 Å². The van der Waals surface area contributed by atoms with Crippen LogP contribution in [0.25, 0.3) is 0 Å². The van der Waals surface area contributed by atoms with Gasteiger partial charge in [-0.25, -0.2) is 0 Å². The van der Waals surface area contributed by atoms with Crippen LogP contribution in [0.2, 0.25) is 0 Å². The molecule has 0 aromatic carbocycles. The molecule has 0 amide bonds. The summed E-state index contributed by atoms with van der Waals surface area (Å²) in [6.07, 6.45) is 0. The predicted octanol–water partition coefficient (Wildman–Crippen LogP) is 1.38. The van der Waals surface area contributed by atoms with Gasteiger partial charge >= 0.3 is 0 Å². The number of hydrogen-bond acceptors (Lipinski definition) is 0. The van der Waals surface area contributed by atoms with Crippen LogP contribution in [0.3, 0.4) is 0 Å². The summed E-state index contributed by atoms with van der Waals surface area (Å²) < 4.78 is 0. The van der Waals surface area contributed by atoms with Gasteiger partial charge in [-0.05, 0) is 0 Å². The molecule has 5 heavy (non-hydrogen) atoms. The van der Waals surface area contributed by atoms with Crippen LogP contribution < -0.4 is 0 Å². The smallest absolute Gasteiger partial charge is 0 e. The molecule has 0 rings (SSSR count). The molecule has 0 nitrogen and oxygen atoms in total. The maximum Gasteiger partial charge on any atom is 0 e. The summed E-state index contributed by atoms with van der Waals surface area (Å²) in [7, 11) is 0. The monoisotopic (exact) mass is 106 g/mol. The van der Waals surface area contributed by atoms with Gasteiger partial charge in [-0.15, -0.1) is 0 Å². The van der Waals surface area contributed by atoms with Gasteiger partial charge in [0.1, 0.15) is 0 Å². The molecule has 0 atom stereocenters. The van der Waals surface area contributed by atoms with Crippen molar-refractivity contribution in [3.8, 4) is 0 Å². The Hall–Kier alpha value is 0.324. The Morgan fingerprint density at radius 1 is 1.40 bits per heavy atom. The molecule has 0 unspecified atom stereocenters. The van der Waals surface area contributed by atoms with Crippen LogP contribution in [0, 0.1) is 6.58 Å². The molecule has 0 heterocycles. The van der Waals surface area contributed by atoms with Crippen molar-refractivity contribution in [3.63, 3.8) is 0 Å². The number of allylic oxidation sites excluding steroid dienone is 1. The quantitative estimate of drug-likeness (QED) is 0.409. The van der Waals surface area contributed by atoms with E-state index in [-0.39, 0.29) is 18.6 Å². The summed E-state index contributed by atoms with van der Waals surface area (Å²) in [6.45, 7) is 8.75. The van der Waals surface area contributed by atoms with Crippen LogP contribution in [0.1, 0.15) is 13.8 Å². The second kappa shape index (κ2) is 4.32. The van der Waals surface area contributed by atoms with E-state index in [0.29, 0.717) is 0 Å². The maximum atomic E-state index is 5.03. The van der Waals surface area contributed by atoms with Crippen molar-refractivity contribution in [1.82, 2.24) is 0 Å². The van der Waals surface area contributed by atoms with Gasteiger partial charge < -0.3 is 6.58 Å². The van der Waals surface area contributed by atoms with Crippen molar-refractivity contribution in [3.05, 3.63) is 12.2 Å². The molecule has 0 fully saturated rings. The van der Waals surface area contributed by atoms with Crippen molar-refractivity contribution in [2.45, 2.75) is 13.8 Å². The Balaban J connectivity index is 0. The van der Waals surface area contributed by atoms with Gasteiger partial charge in [0.05, 0.1) is 0 Å². The predicted molar refractivity (Wildman–Crippen MR) is 19.2 cm³/mol. The van der Waals surface area contributed by atoms with E-state index >= 15 is 0 Å². The van der Waals surface area contributed by atoms with E-state index in [2.05, 4.69) is 0 Å². The molecule has 0 saturated carbocycles. The standard InChI is InChI=1S/C4H7.V/c1-4(2)3;/h1H,2-3H3;/q-1;. The van der Waals surface area contributed by atoms with Crippen LogP contribution in [-0.2, 0) is 18.6 Å². The van der Waals surface area contributed by atoms with E-state index in [1.165, 1.54) is 0 Å². The first kappa shape index (κ1) is 9.01. The zero-order chi connectivity index (χ0) is 3.58. The van der Waals surface area contributed by atoms with Gasteiger partial charge in [-0.2, -0.15) is 0 Å². The topological polar surface area (TPSA) is 0 Å². The fourth-order valence-electron chi connectivity index (χ4n) is 0. The Bertz CT molecular complexity index is 26.6. The fourth-order valence-corrected chi connectivity index (χ4v) is 0. The van der Waals surface area contributed by atoms with Crippen LogP contribution in [-0.4, -0.2) is 0 Å². The average Bonchev–Trinajstić information content (AvgIpc) is 0.811. The van der Waals surface area contributed by atoms with Crippen molar-refractivity contribution in [2.75, 3.05) is 0 Å². The van der Waals surface area contributed by atoms with Gasteiger partial charge in [0.25, 0.3) is 0 Å². The molecule has 0 aromatic heterocycles. The van der Waals surface area contributed by atoms with Crippen molar-refractivity contribution in [1.29, 1.82) is 0 Å². The average molecular weight is 106 g/mol. The molecule has 0 aromatic rings. The number of rotatable bonds is 0. The SMILES string of the molecule is [CH-]=C(C)C.[V]. The van der Waals surface area contributed by atoms with Gasteiger partial charge in [-0.3, -0.25) is 5.57 Å². The van der Waals surface area contributed by atoms with Gasteiger partial charge in [0, 0.05) is 18.6 Å². The molecular weight excluding hydrogens is 99.0 g/mol. The normalized spacial score (nSPS) is 5.20. The minimum Gasteiger partial charge on any atom is -0.515 e. The molecule has 1 radical (unpaired) electrons. The third kappa shape index (κ3) is 222. The Morgan fingerprint density at radius 2 is 1.40 bits per heavy atom. The molecule has 0 bridgehead atoms. The summed E-state index contributed by atoms with van der Waals surface area (Å²) >= 11 is 0. The van der Waals surface area contributed by atoms with Crippen LogP contribution in [0.5, 0.6) is 0 Å². The van der Waals surface area contributed by atoms with Crippen molar-refractivity contribution < 1.29 is 18.6 Å². The van der Waals surface area contributed by atoms with E-state index in [1.807, 2.05) is 13.8 Å². The minimum absolute atomic E-state index is 0. The molecule has 0 saturated heterocycles. The van der Waals surface area contributed by atoms with Crippen LogP contribution >= 0.6 is 0 Å². The summed E-state index contributed by atoms with van der Waals surface area (Å²) in [6, 6.07) is 0. The van der Waals surface area contributed by atoms with E-state index < -0.39 is 0 Å². The summed E-state index contributed by atoms with van der Waals surface area (Å²) in [4.78, 5) is 0. The zero-order valence-electron chi connectivity index (χ0n) is 3.52. The fraction of sp³-hybridized carbons (Fsp3) is 0.500. The third-order valence-electron chi connectivity index (χ3n) is 0. The zero-order valence-corrected chi connectivity index (χ0v) is 4.92. The second-order valence-electron chi connectivity index (χ2n) is 1.08. The molecule has 0 N–H and O–H groups in total. The largest absolute Gasteiger partial charge is 0.515 e. The van der Waals surface area contributed by atoms with E-state index in [1.54, 1.807) is 0 Å². The molecule has 1 heteroatoms. The summed E-state index contributed by atoms with van der Waals surface area (Å²) in [5, 5.41) is 0. The van der Waals surface area contributed by atoms with E-state index in [0.717, 1.165) is 5.57 Å². The summed E-state index contributed by atoms with van der Waals surface area (Å²) in [5.74, 6) is 0. The molecule has 29 valence electrons. The van der Waals surface area contributed by atoms with Gasteiger partial charge in [0.2, 0.25) is 0 Å². The molecular formula is C4H7V-. The molecule has 0 aliphatic carbocycles. The van der Waals surface area contributed by atoms with Gasteiger partial charge in [-0.1, -0.05) is 13.8 Å². The first-order chi connectivity index (χ1) is 1.73. The van der Waals surface area contributed by atoms with Gasteiger partial charge in [0.15, 0.2) is 0 Å². The molecule has 0 aliphatic heterocycles. The first-order valence-electron chi connectivity index (χ1n) is 1.29. The Morgan fingerprint density at radius 3 is 1.40 bits per heavy atom. The number of hydrogen-bond donors (Lipinski definition) is 0. The molecule has 0 aliphatic rings. The van der Waals surface area contributed by atoms with Crippen LogP contribution in [0.4, 0.5) is 0 Å². The minimum atomic E-state index is 0. The third-order valence-corrected chi connectivity index (χ3v) is 0.